The molecule has 2 saturated heterocycles. The Hall–Kier alpha value is -1.58. The van der Waals surface area contributed by atoms with Crippen LogP contribution in [0.5, 0.6) is 0 Å². The van der Waals surface area contributed by atoms with Crippen LogP contribution in [0.2, 0.25) is 0 Å². The number of ether oxygens (including phenoxy) is 1. The quantitative estimate of drug-likeness (QED) is 0.806. The minimum absolute atomic E-state index is 0.0132. The van der Waals surface area contributed by atoms with Gasteiger partial charge in [0, 0.05) is 12.5 Å². The molecule has 1 aromatic rings. The van der Waals surface area contributed by atoms with E-state index in [0.29, 0.717) is 6.54 Å². The summed E-state index contributed by atoms with van der Waals surface area (Å²) in [5.74, 6) is 0.281. The molecule has 96 valence electrons. The van der Waals surface area contributed by atoms with Crippen molar-refractivity contribution in [2.75, 3.05) is 6.54 Å². The van der Waals surface area contributed by atoms with E-state index in [4.69, 9.17) is 4.74 Å². The van der Waals surface area contributed by atoms with Crippen LogP contribution in [-0.2, 0) is 11.3 Å². The summed E-state index contributed by atoms with van der Waals surface area (Å²) in [4.78, 5) is 13.4. The number of alkyl halides is 1. The first-order valence-electron chi connectivity index (χ1n) is 6.30. The fourth-order valence-electron chi connectivity index (χ4n) is 3.01. The Bertz CT molecular complexity index is 440. The number of hydrogen-bond acceptors (Lipinski definition) is 2. The molecule has 3 aliphatic rings. The van der Waals surface area contributed by atoms with E-state index in [1.54, 1.807) is 4.90 Å². The van der Waals surface area contributed by atoms with E-state index in [0.717, 1.165) is 5.56 Å². The van der Waals surface area contributed by atoms with Crippen LogP contribution in [0.25, 0.3) is 0 Å². The summed E-state index contributed by atoms with van der Waals surface area (Å²) in [6.07, 6.45) is -1.25. The monoisotopic (exact) mass is 249 g/mol. The van der Waals surface area contributed by atoms with Crippen LogP contribution < -0.4 is 0 Å². The number of rotatable bonds is 2. The lowest BCUT2D eigenvalue weighted by atomic mass is 9.73. The van der Waals surface area contributed by atoms with Crippen LogP contribution >= 0.6 is 0 Å². The van der Waals surface area contributed by atoms with E-state index < -0.39 is 12.3 Å². The molecule has 2 heterocycles. The summed E-state index contributed by atoms with van der Waals surface area (Å²) in [5, 5.41) is 0. The fourth-order valence-corrected chi connectivity index (χ4v) is 3.01. The van der Waals surface area contributed by atoms with E-state index in [-0.39, 0.29) is 24.5 Å². The number of halogens is 1. The molecule has 4 atom stereocenters. The molecule has 4 heteroatoms. The van der Waals surface area contributed by atoms with E-state index in [1.807, 2.05) is 37.3 Å². The molecule has 0 unspecified atom stereocenters. The average molecular weight is 249 g/mol. The first-order chi connectivity index (χ1) is 8.68. The summed E-state index contributed by atoms with van der Waals surface area (Å²) in [6, 6.07) is 9.25. The predicted octanol–water partition coefficient (Wildman–Crippen LogP) is 2.61. The number of carbonyl (C=O) groups is 1. The second-order valence-corrected chi connectivity index (χ2v) is 5.15. The van der Waals surface area contributed by atoms with E-state index in [1.165, 1.54) is 0 Å². The topological polar surface area (TPSA) is 29.5 Å². The van der Waals surface area contributed by atoms with Gasteiger partial charge in [0.2, 0.25) is 0 Å². The zero-order valence-corrected chi connectivity index (χ0v) is 10.3. The molecule has 0 radical (unpaired) electrons. The molecular formula is C14H16FNO2. The molecule has 1 aromatic carbocycles. The minimum atomic E-state index is -0.857. The highest BCUT2D eigenvalue weighted by molar-refractivity contribution is 5.69. The highest BCUT2D eigenvalue weighted by atomic mass is 19.1. The number of carbonyl (C=O) groups excluding carboxylic acids is 1. The zero-order chi connectivity index (χ0) is 12.7. The summed E-state index contributed by atoms with van der Waals surface area (Å²) in [7, 11) is 0. The van der Waals surface area contributed by atoms with Gasteiger partial charge in [0.05, 0.1) is 6.04 Å². The van der Waals surface area contributed by atoms with Crippen LogP contribution in [0.4, 0.5) is 9.18 Å². The van der Waals surface area contributed by atoms with Gasteiger partial charge in [0.15, 0.2) is 0 Å². The van der Waals surface area contributed by atoms with Crippen molar-refractivity contribution in [2.24, 2.45) is 11.8 Å². The molecule has 4 rings (SSSR count). The van der Waals surface area contributed by atoms with Gasteiger partial charge < -0.3 is 9.64 Å². The van der Waals surface area contributed by atoms with Crippen molar-refractivity contribution in [3.63, 3.8) is 0 Å². The Kier molecular flexibility index (Phi) is 2.73. The summed E-state index contributed by atoms with van der Waals surface area (Å²) < 4.78 is 18.8. The first-order valence-corrected chi connectivity index (χ1v) is 6.30. The lowest BCUT2D eigenvalue weighted by Gasteiger charge is -2.37. The molecule has 2 aliphatic heterocycles. The van der Waals surface area contributed by atoms with Gasteiger partial charge in [-0.1, -0.05) is 37.3 Å². The van der Waals surface area contributed by atoms with Crippen LogP contribution in [-0.4, -0.2) is 29.8 Å². The van der Waals surface area contributed by atoms with E-state index >= 15 is 0 Å². The second kappa shape index (κ2) is 4.26. The Morgan fingerprint density at radius 1 is 1.44 bits per heavy atom. The van der Waals surface area contributed by atoms with Gasteiger partial charge in [0.25, 0.3) is 0 Å². The van der Waals surface area contributed by atoms with Crippen molar-refractivity contribution in [1.82, 2.24) is 4.90 Å². The average Bonchev–Trinajstić information content (AvgIpc) is 2.94. The molecule has 0 spiro atoms. The third kappa shape index (κ3) is 1.67. The van der Waals surface area contributed by atoms with Crippen molar-refractivity contribution in [3.05, 3.63) is 35.9 Å². The molecule has 1 saturated carbocycles. The summed E-state index contributed by atoms with van der Waals surface area (Å²) in [6.45, 7) is 2.75. The highest BCUT2D eigenvalue weighted by Gasteiger charge is 2.60. The Balaban J connectivity index is 1.57. The summed E-state index contributed by atoms with van der Waals surface area (Å²) >= 11 is 0. The third-order valence-electron chi connectivity index (χ3n) is 4.16. The second-order valence-electron chi connectivity index (χ2n) is 5.15. The van der Waals surface area contributed by atoms with Crippen LogP contribution in [0.15, 0.2) is 30.3 Å². The van der Waals surface area contributed by atoms with Crippen molar-refractivity contribution >= 4 is 6.09 Å². The zero-order valence-electron chi connectivity index (χ0n) is 10.3. The van der Waals surface area contributed by atoms with Crippen LogP contribution in [0.3, 0.4) is 0 Å². The number of amides is 1. The standard InChI is InChI=1S/C14H16FNO2/c1-9-11-7-16(13(9)12(11)15)14(17)18-8-10-5-3-2-4-6-10/h2-6,9,11-13H,7-8H2,1H3/t9-,11+,12-,13-/m1/s1. The lowest BCUT2D eigenvalue weighted by molar-refractivity contribution is 0.0321. The molecule has 3 fully saturated rings. The Morgan fingerprint density at radius 2 is 2.17 bits per heavy atom. The molecule has 0 aromatic heterocycles. The van der Waals surface area contributed by atoms with Gasteiger partial charge in [-0.3, -0.25) is 0 Å². The molecule has 0 N–H and O–H groups in total. The van der Waals surface area contributed by atoms with Gasteiger partial charge in [-0.2, -0.15) is 0 Å². The van der Waals surface area contributed by atoms with E-state index in [2.05, 4.69) is 0 Å². The molecule has 2 bridgehead atoms. The van der Waals surface area contributed by atoms with Gasteiger partial charge in [0.1, 0.15) is 12.8 Å². The van der Waals surface area contributed by atoms with Gasteiger partial charge >= 0.3 is 6.09 Å². The number of nitrogens with zero attached hydrogens (tertiary/aromatic N) is 1. The van der Waals surface area contributed by atoms with Crippen LogP contribution in [0, 0.1) is 11.8 Å². The SMILES string of the molecule is C[C@@H]1[C@@H]2CN(C(=O)OCc3ccccc3)[C@H]1[C@@H]2F. The lowest BCUT2D eigenvalue weighted by Crippen LogP contribution is -2.49. The smallest absolute Gasteiger partial charge is 0.410 e. The minimum Gasteiger partial charge on any atom is -0.445 e. The van der Waals surface area contributed by atoms with Gasteiger partial charge in [-0.05, 0) is 11.5 Å². The van der Waals surface area contributed by atoms with Gasteiger partial charge in [-0.15, -0.1) is 0 Å². The molecule has 18 heavy (non-hydrogen) atoms. The third-order valence-corrected chi connectivity index (χ3v) is 4.16. The maximum Gasteiger partial charge on any atom is 0.410 e. The number of benzene rings is 1. The Morgan fingerprint density at radius 3 is 2.72 bits per heavy atom. The summed E-state index contributed by atoms with van der Waals surface area (Å²) in [5.41, 5.74) is 0.947. The predicted molar refractivity (Wildman–Crippen MR) is 64.7 cm³/mol. The van der Waals surface area contributed by atoms with Crippen molar-refractivity contribution in [1.29, 1.82) is 0 Å². The molecule has 1 aliphatic carbocycles. The molecular weight excluding hydrogens is 233 g/mol. The van der Waals surface area contributed by atoms with Gasteiger partial charge in [-0.25, -0.2) is 9.18 Å². The van der Waals surface area contributed by atoms with Crippen molar-refractivity contribution < 1.29 is 13.9 Å². The molecule has 3 nitrogen and oxygen atoms in total. The number of hydrogen-bond donors (Lipinski definition) is 0. The maximum absolute atomic E-state index is 13.5. The fraction of sp³-hybridized carbons (Fsp3) is 0.500. The normalized spacial score (nSPS) is 33.1. The number of fused-ring (bicyclic) bond motifs is 1. The van der Waals surface area contributed by atoms with Crippen molar-refractivity contribution in [2.45, 2.75) is 25.7 Å². The maximum atomic E-state index is 13.5. The van der Waals surface area contributed by atoms with E-state index in [9.17, 15) is 9.18 Å². The Labute approximate surface area is 106 Å². The van der Waals surface area contributed by atoms with Crippen LogP contribution in [0.1, 0.15) is 12.5 Å². The molecule has 1 amide bonds. The highest BCUT2D eigenvalue weighted by Crippen LogP contribution is 2.48. The largest absolute Gasteiger partial charge is 0.445 e. The van der Waals surface area contributed by atoms with Crippen molar-refractivity contribution in [3.8, 4) is 0 Å². The first kappa shape index (κ1) is 11.5.